The first-order valence-electron chi connectivity index (χ1n) is 2.93. The Morgan fingerprint density at radius 1 is 1.50 bits per heavy atom. The van der Waals surface area contributed by atoms with Gasteiger partial charge < -0.3 is 4.18 Å². The molecule has 0 rings (SSSR count). The summed E-state index contributed by atoms with van der Waals surface area (Å²) in [5.74, 6) is 0.766. The van der Waals surface area contributed by atoms with Crippen molar-refractivity contribution >= 4 is 12.0 Å². The average molecular weight is 134 g/mol. The van der Waals surface area contributed by atoms with E-state index in [1.54, 1.807) is 0 Å². The first kappa shape index (κ1) is 8.31. The highest BCUT2D eigenvalue weighted by Crippen LogP contribution is 2.02. The third kappa shape index (κ3) is 6.31. The predicted octanol–water partition coefficient (Wildman–Crippen LogP) is 2.33. The zero-order valence-electron chi connectivity index (χ0n) is 5.81. The van der Waals surface area contributed by atoms with Gasteiger partial charge in [0.2, 0.25) is 0 Å². The molecule has 0 radical (unpaired) electrons. The van der Waals surface area contributed by atoms with Crippen LogP contribution in [0.2, 0.25) is 0 Å². The van der Waals surface area contributed by atoms with Gasteiger partial charge in [0, 0.05) is 6.26 Å². The smallest absolute Gasteiger partial charge is 0.0616 e. The second-order valence-electron chi connectivity index (χ2n) is 2.17. The van der Waals surface area contributed by atoms with Crippen molar-refractivity contribution in [1.29, 1.82) is 0 Å². The molecule has 0 aliphatic heterocycles. The van der Waals surface area contributed by atoms with Crippen molar-refractivity contribution in [2.75, 3.05) is 12.9 Å². The van der Waals surface area contributed by atoms with Gasteiger partial charge in [0.25, 0.3) is 0 Å². The van der Waals surface area contributed by atoms with E-state index in [4.69, 9.17) is 4.18 Å². The van der Waals surface area contributed by atoms with Crippen LogP contribution in [-0.2, 0) is 4.18 Å². The molecule has 50 valence electrons. The summed E-state index contributed by atoms with van der Waals surface area (Å²) < 4.78 is 5.06. The molecule has 0 saturated heterocycles. The SMILES string of the molecule is CSOCCC(C)C. The molecule has 0 fully saturated rings. The first-order valence-corrected chi connectivity index (χ1v) is 4.08. The van der Waals surface area contributed by atoms with Gasteiger partial charge in [-0.1, -0.05) is 13.8 Å². The van der Waals surface area contributed by atoms with Gasteiger partial charge in [-0.25, -0.2) is 0 Å². The van der Waals surface area contributed by atoms with Crippen LogP contribution in [0.4, 0.5) is 0 Å². The molecule has 0 saturated carbocycles. The Morgan fingerprint density at radius 2 is 2.12 bits per heavy atom. The summed E-state index contributed by atoms with van der Waals surface area (Å²) >= 11 is 1.44. The molecular formula is C6H14OS. The lowest BCUT2D eigenvalue weighted by Crippen LogP contribution is -1.92. The van der Waals surface area contributed by atoms with Gasteiger partial charge in [0.1, 0.15) is 0 Å². The van der Waals surface area contributed by atoms with E-state index < -0.39 is 0 Å². The van der Waals surface area contributed by atoms with Gasteiger partial charge in [0.15, 0.2) is 0 Å². The summed E-state index contributed by atoms with van der Waals surface area (Å²) in [6.45, 7) is 5.28. The lowest BCUT2D eigenvalue weighted by atomic mass is 10.2. The van der Waals surface area contributed by atoms with Crippen molar-refractivity contribution in [3.63, 3.8) is 0 Å². The largest absolute Gasteiger partial charge is 0.316 e. The van der Waals surface area contributed by atoms with E-state index in [-0.39, 0.29) is 0 Å². The number of rotatable bonds is 4. The van der Waals surface area contributed by atoms with E-state index in [1.165, 1.54) is 18.5 Å². The van der Waals surface area contributed by atoms with E-state index >= 15 is 0 Å². The molecule has 0 N–H and O–H groups in total. The Balaban J connectivity index is 2.72. The zero-order valence-corrected chi connectivity index (χ0v) is 6.62. The summed E-state index contributed by atoms with van der Waals surface area (Å²) in [7, 11) is 0. The topological polar surface area (TPSA) is 9.23 Å². The maximum absolute atomic E-state index is 5.06. The van der Waals surface area contributed by atoms with Crippen molar-refractivity contribution in [3.05, 3.63) is 0 Å². The minimum Gasteiger partial charge on any atom is -0.316 e. The average Bonchev–Trinajstić information content (AvgIpc) is 1.66. The molecule has 0 spiro atoms. The van der Waals surface area contributed by atoms with Crippen LogP contribution in [0.15, 0.2) is 0 Å². The molecule has 8 heavy (non-hydrogen) atoms. The van der Waals surface area contributed by atoms with Gasteiger partial charge >= 0.3 is 0 Å². The van der Waals surface area contributed by atoms with Gasteiger partial charge in [0.05, 0.1) is 6.61 Å². The van der Waals surface area contributed by atoms with Crippen molar-refractivity contribution in [2.45, 2.75) is 20.3 Å². The van der Waals surface area contributed by atoms with Gasteiger partial charge in [-0.05, 0) is 24.4 Å². The zero-order chi connectivity index (χ0) is 6.41. The Hall–Kier alpha value is 0.310. The van der Waals surface area contributed by atoms with E-state index in [0.29, 0.717) is 0 Å². The van der Waals surface area contributed by atoms with Crippen LogP contribution in [0.25, 0.3) is 0 Å². The molecule has 1 nitrogen and oxygen atoms in total. The molecule has 0 heterocycles. The molecule has 0 bridgehead atoms. The van der Waals surface area contributed by atoms with Gasteiger partial charge in [-0.2, -0.15) is 0 Å². The highest BCUT2D eigenvalue weighted by atomic mass is 32.2. The molecule has 2 heteroatoms. The highest BCUT2D eigenvalue weighted by molar-refractivity contribution is 7.93. The molecule has 0 aromatic heterocycles. The lowest BCUT2D eigenvalue weighted by molar-refractivity contribution is 0.336. The second-order valence-corrected chi connectivity index (χ2v) is 2.74. The lowest BCUT2D eigenvalue weighted by Gasteiger charge is -2.01. The maximum atomic E-state index is 5.06. The van der Waals surface area contributed by atoms with E-state index in [0.717, 1.165) is 12.5 Å². The van der Waals surface area contributed by atoms with Crippen LogP contribution in [0.3, 0.4) is 0 Å². The first-order chi connectivity index (χ1) is 3.77. The van der Waals surface area contributed by atoms with E-state index in [9.17, 15) is 0 Å². The second kappa shape index (κ2) is 5.45. The van der Waals surface area contributed by atoms with Crippen LogP contribution < -0.4 is 0 Å². The molecule has 0 amide bonds. The summed E-state index contributed by atoms with van der Waals surface area (Å²) in [6, 6.07) is 0. The van der Waals surface area contributed by atoms with Gasteiger partial charge in [-0.3, -0.25) is 0 Å². The summed E-state index contributed by atoms with van der Waals surface area (Å²) in [6.07, 6.45) is 3.11. The Labute approximate surface area is 56.0 Å². The summed E-state index contributed by atoms with van der Waals surface area (Å²) in [4.78, 5) is 0. The fraction of sp³-hybridized carbons (Fsp3) is 1.00. The third-order valence-corrected chi connectivity index (χ3v) is 1.30. The number of hydrogen-bond acceptors (Lipinski definition) is 2. The molecule has 0 aromatic carbocycles. The van der Waals surface area contributed by atoms with Crippen molar-refractivity contribution in [1.82, 2.24) is 0 Å². The Kier molecular flexibility index (Phi) is 5.66. The molecule has 0 atom stereocenters. The van der Waals surface area contributed by atoms with Crippen molar-refractivity contribution in [2.24, 2.45) is 5.92 Å². The standard InChI is InChI=1S/C6H14OS/c1-6(2)4-5-7-8-3/h6H,4-5H2,1-3H3. The number of hydrogen-bond donors (Lipinski definition) is 0. The van der Waals surface area contributed by atoms with E-state index in [1.807, 2.05) is 6.26 Å². The fourth-order valence-electron chi connectivity index (χ4n) is 0.367. The summed E-state index contributed by atoms with van der Waals surface area (Å²) in [5, 5.41) is 0. The van der Waals surface area contributed by atoms with Crippen molar-refractivity contribution in [3.8, 4) is 0 Å². The van der Waals surface area contributed by atoms with E-state index in [2.05, 4.69) is 13.8 Å². The van der Waals surface area contributed by atoms with Crippen LogP contribution >= 0.6 is 12.0 Å². The quantitative estimate of drug-likeness (QED) is 0.431. The van der Waals surface area contributed by atoms with Crippen LogP contribution in [-0.4, -0.2) is 12.9 Å². The summed E-state index contributed by atoms with van der Waals surface area (Å²) in [5.41, 5.74) is 0. The molecular weight excluding hydrogens is 120 g/mol. The molecule has 0 aromatic rings. The van der Waals surface area contributed by atoms with Crippen molar-refractivity contribution < 1.29 is 4.18 Å². The molecule has 0 unspecified atom stereocenters. The predicted molar refractivity (Wildman–Crippen MR) is 38.9 cm³/mol. The van der Waals surface area contributed by atoms with Crippen LogP contribution in [0.1, 0.15) is 20.3 Å². The Bertz CT molecular complexity index is 45.8. The maximum Gasteiger partial charge on any atom is 0.0616 e. The minimum atomic E-state index is 0.766. The highest BCUT2D eigenvalue weighted by Gasteiger charge is 1.91. The van der Waals surface area contributed by atoms with Gasteiger partial charge in [-0.15, -0.1) is 0 Å². The van der Waals surface area contributed by atoms with Crippen LogP contribution in [0, 0.1) is 5.92 Å². The van der Waals surface area contributed by atoms with Crippen LogP contribution in [0.5, 0.6) is 0 Å². The minimum absolute atomic E-state index is 0.766. The monoisotopic (exact) mass is 134 g/mol. The molecule has 0 aliphatic carbocycles. The molecule has 0 aliphatic rings. The Morgan fingerprint density at radius 3 is 2.50 bits per heavy atom. The third-order valence-electron chi connectivity index (χ3n) is 0.896. The fourth-order valence-corrected chi connectivity index (χ4v) is 0.630. The normalized spacial score (nSPS) is 10.5.